The lowest BCUT2D eigenvalue weighted by Gasteiger charge is -2.09. The first-order valence-corrected chi connectivity index (χ1v) is 8.05. The molecule has 25 heavy (non-hydrogen) atoms. The number of methoxy groups -OCH3 is 1. The monoisotopic (exact) mass is 340 g/mol. The Balaban J connectivity index is 2.00. The van der Waals surface area contributed by atoms with Crippen LogP contribution in [-0.4, -0.2) is 18.8 Å². The van der Waals surface area contributed by atoms with E-state index in [0.29, 0.717) is 29.1 Å². The van der Waals surface area contributed by atoms with Gasteiger partial charge in [0.2, 0.25) is 5.43 Å². The van der Waals surface area contributed by atoms with E-state index in [-0.39, 0.29) is 16.9 Å². The van der Waals surface area contributed by atoms with E-state index >= 15 is 0 Å². The highest BCUT2D eigenvalue weighted by molar-refractivity contribution is 5.84. The van der Waals surface area contributed by atoms with Crippen molar-refractivity contribution < 1.29 is 19.0 Å². The smallest absolute Gasteiger partial charge is 0.200 e. The topological polar surface area (TPSA) is 68.9 Å². The van der Waals surface area contributed by atoms with E-state index in [9.17, 15) is 9.90 Å². The van der Waals surface area contributed by atoms with Crippen molar-refractivity contribution in [3.63, 3.8) is 0 Å². The van der Waals surface area contributed by atoms with Gasteiger partial charge in [-0.3, -0.25) is 4.79 Å². The van der Waals surface area contributed by atoms with Crippen LogP contribution in [0.4, 0.5) is 0 Å². The van der Waals surface area contributed by atoms with E-state index in [0.717, 1.165) is 11.3 Å². The van der Waals surface area contributed by atoms with Crippen molar-refractivity contribution in [3.8, 4) is 28.4 Å². The number of hydrogen-bond acceptors (Lipinski definition) is 5. The maximum absolute atomic E-state index is 12.8. The normalized spacial score (nSPS) is 11.0. The Bertz CT molecular complexity index is 939. The zero-order valence-electron chi connectivity index (χ0n) is 14.4. The average Bonchev–Trinajstić information content (AvgIpc) is 2.60. The molecule has 1 aromatic heterocycles. The number of benzene rings is 2. The van der Waals surface area contributed by atoms with Gasteiger partial charge in [0.05, 0.1) is 24.7 Å². The van der Waals surface area contributed by atoms with Gasteiger partial charge in [0, 0.05) is 6.07 Å². The Labute approximate surface area is 145 Å². The van der Waals surface area contributed by atoms with Crippen molar-refractivity contribution in [2.75, 3.05) is 13.7 Å². The number of ether oxygens (including phenoxy) is 2. The number of aromatic hydroxyl groups is 1. The quantitative estimate of drug-likeness (QED) is 0.753. The Morgan fingerprint density at radius 1 is 1.16 bits per heavy atom. The van der Waals surface area contributed by atoms with E-state index in [1.807, 2.05) is 24.3 Å². The molecule has 0 unspecified atom stereocenters. The molecule has 5 nitrogen and oxygen atoms in total. The minimum atomic E-state index is -0.185. The molecule has 2 aromatic carbocycles. The van der Waals surface area contributed by atoms with Gasteiger partial charge in [-0.25, -0.2) is 0 Å². The fourth-order valence-corrected chi connectivity index (χ4v) is 2.50. The summed E-state index contributed by atoms with van der Waals surface area (Å²) in [5.74, 6) is 1.36. The molecule has 0 fully saturated rings. The van der Waals surface area contributed by atoms with Gasteiger partial charge in [-0.15, -0.1) is 0 Å². The number of phenolic OH excluding ortho intramolecular Hbond substituents is 1. The van der Waals surface area contributed by atoms with Crippen molar-refractivity contribution in [1.29, 1.82) is 0 Å². The van der Waals surface area contributed by atoms with Gasteiger partial charge in [0.1, 0.15) is 17.6 Å². The van der Waals surface area contributed by atoms with Crippen LogP contribution in [0.5, 0.6) is 17.2 Å². The third kappa shape index (κ3) is 3.45. The van der Waals surface area contributed by atoms with Crippen molar-refractivity contribution in [3.05, 3.63) is 52.9 Å². The van der Waals surface area contributed by atoms with Gasteiger partial charge >= 0.3 is 0 Å². The van der Waals surface area contributed by atoms with Crippen molar-refractivity contribution in [1.82, 2.24) is 0 Å². The van der Waals surface area contributed by atoms with Gasteiger partial charge in [-0.1, -0.05) is 26.0 Å². The molecule has 0 amide bonds. The number of fused-ring (bicyclic) bond motifs is 1. The molecule has 0 saturated carbocycles. The van der Waals surface area contributed by atoms with E-state index in [2.05, 4.69) is 13.8 Å². The second kappa shape index (κ2) is 6.89. The summed E-state index contributed by atoms with van der Waals surface area (Å²) in [6, 6.07) is 10.2. The van der Waals surface area contributed by atoms with E-state index in [4.69, 9.17) is 13.9 Å². The minimum Gasteiger partial charge on any atom is -0.504 e. The summed E-state index contributed by atoms with van der Waals surface area (Å²) < 4.78 is 16.2. The summed E-state index contributed by atoms with van der Waals surface area (Å²) in [7, 11) is 1.43. The maximum Gasteiger partial charge on any atom is 0.200 e. The van der Waals surface area contributed by atoms with E-state index in [1.54, 1.807) is 0 Å². The fraction of sp³-hybridized carbons (Fsp3) is 0.250. The van der Waals surface area contributed by atoms with Crippen molar-refractivity contribution in [2.24, 2.45) is 5.92 Å². The van der Waals surface area contributed by atoms with Crippen LogP contribution in [0.3, 0.4) is 0 Å². The molecule has 0 aliphatic rings. The third-order valence-corrected chi connectivity index (χ3v) is 3.82. The van der Waals surface area contributed by atoms with Crippen LogP contribution < -0.4 is 14.9 Å². The van der Waals surface area contributed by atoms with Crippen molar-refractivity contribution in [2.45, 2.75) is 13.8 Å². The van der Waals surface area contributed by atoms with Crippen molar-refractivity contribution >= 4 is 11.0 Å². The minimum absolute atomic E-state index is 0.0717. The molecular weight excluding hydrogens is 320 g/mol. The summed E-state index contributed by atoms with van der Waals surface area (Å²) in [5, 5.41) is 10.2. The van der Waals surface area contributed by atoms with Crippen LogP contribution in [0.1, 0.15) is 13.8 Å². The lowest BCUT2D eigenvalue weighted by molar-refractivity contribution is 0.271. The molecule has 0 bridgehead atoms. The fourth-order valence-electron chi connectivity index (χ4n) is 2.50. The molecular formula is C20H20O5. The molecule has 0 aliphatic carbocycles. The molecule has 0 radical (unpaired) electrons. The summed E-state index contributed by atoms with van der Waals surface area (Å²) in [6.07, 6.45) is 1.40. The maximum atomic E-state index is 12.8. The molecule has 0 aliphatic heterocycles. The van der Waals surface area contributed by atoms with Crippen LogP contribution in [0.2, 0.25) is 0 Å². The third-order valence-electron chi connectivity index (χ3n) is 3.82. The molecule has 1 heterocycles. The van der Waals surface area contributed by atoms with Crippen LogP contribution in [0.25, 0.3) is 22.1 Å². The van der Waals surface area contributed by atoms with Crippen LogP contribution >= 0.6 is 0 Å². The first-order chi connectivity index (χ1) is 12.0. The highest BCUT2D eigenvalue weighted by Gasteiger charge is 2.13. The van der Waals surface area contributed by atoms with Crippen LogP contribution in [0, 0.1) is 5.92 Å². The van der Waals surface area contributed by atoms with Gasteiger partial charge in [0.25, 0.3) is 0 Å². The summed E-state index contributed by atoms with van der Waals surface area (Å²) >= 11 is 0. The van der Waals surface area contributed by atoms with Gasteiger partial charge in [-0.05, 0) is 29.7 Å². The molecule has 5 heteroatoms. The second-order valence-electron chi connectivity index (χ2n) is 6.23. The Morgan fingerprint density at radius 2 is 1.88 bits per heavy atom. The molecule has 1 N–H and O–H groups in total. The van der Waals surface area contributed by atoms with E-state index < -0.39 is 0 Å². The molecule has 3 rings (SSSR count). The second-order valence-corrected chi connectivity index (χ2v) is 6.23. The zero-order valence-corrected chi connectivity index (χ0v) is 14.4. The first-order valence-electron chi connectivity index (χ1n) is 8.05. The Morgan fingerprint density at radius 3 is 2.52 bits per heavy atom. The molecule has 0 saturated heterocycles. The first kappa shape index (κ1) is 16.9. The molecule has 3 aromatic rings. The van der Waals surface area contributed by atoms with Crippen LogP contribution in [-0.2, 0) is 0 Å². The summed E-state index contributed by atoms with van der Waals surface area (Å²) in [5.41, 5.74) is 1.30. The Hall–Kier alpha value is -2.95. The van der Waals surface area contributed by atoms with Crippen LogP contribution in [0.15, 0.2) is 51.9 Å². The summed E-state index contributed by atoms with van der Waals surface area (Å²) in [6.45, 7) is 4.81. The summed E-state index contributed by atoms with van der Waals surface area (Å²) in [4.78, 5) is 12.8. The highest BCUT2D eigenvalue weighted by Crippen LogP contribution is 2.31. The lowest BCUT2D eigenvalue weighted by atomic mass is 10.1. The number of rotatable bonds is 5. The van der Waals surface area contributed by atoms with Gasteiger partial charge in [0.15, 0.2) is 11.5 Å². The molecule has 0 spiro atoms. The largest absolute Gasteiger partial charge is 0.504 e. The predicted molar refractivity (Wildman–Crippen MR) is 96.5 cm³/mol. The Kier molecular flexibility index (Phi) is 4.65. The van der Waals surface area contributed by atoms with Gasteiger partial charge in [-0.2, -0.15) is 0 Å². The number of hydrogen-bond donors (Lipinski definition) is 1. The predicted octanol–water partition coefficient (Wildman–Crippen LogP) is 4.21. The standard InChI is InChI=1S/C20H20O5/c1-12(2)10-24-14-6-4-13(5-7-14)16-11-25-18-9-17(21)19(23-3)8-15(18)20(16)22/h4-9,11-12,21H,10H2,1-3H3. The number of phenols is 1. The highest BCUT2D eigenvalue weighted by atomic mass is 16.5. The lowest BCUT2D eigenvalue weighted by Crippen LogP contribution is -2.06. The average molecular weight is 340 g/mol. The van der Waals surface area contributed by atoms with Gasteiger partial charge < -0.3 is 19.0 Å². The SMILES string of the molecule is COc1cc2c(=O)c(-c3ccc(OCC(C)C)cc3)coc2cc1O. The van der Waals surface area contributed by atoms with E-state index in [1.165, 1.54) is 25.5 Å². The molecule has 0 atom stereocenters. The zero-order chi connectivity index (χ0) is 18.0. The molecule has 130 valence electrons.